The Hall–Kier alpha value is -2.63. The average molecular weight is 448 g/mol. The number of nitrogens with zero attached hydrogens (tertiary/aromatic N) is 3. The van der Waals surface area contributed by atoms with Crippen LogP contribution in [0.4, 0.5) is 13.2 Å². The first-order valence-corrected chi connectivity index (χ1v) is 10.6. The molecule has 0 amide bonds. The Labute approximate surface area is 186 Å². The van der Waals surface area contributed by atoms with Crippen LogP contribution in [-0.2, 0) is 0 Å². The van der Waals surface area contributed by atoms with E-state index in [9.17, 15) is 23.1 Å². The molecule has 32 heavy (non-hydrogen) atoms. The van der Waals surface area contributed by atoms with Crippen LogP contribution >= 0.6 is 0 Å². The summed E-state index contributed by atoms with van der Waals surface area (Å²) in [7, 11) is 0. The third-order valence-electron chi connectivity index (χ3n) is 6.46. The number of aliphatic hydroxyl groups is 1. The number of aromatic nitrogens is 1. The van der Waals surface area contributed by atoms with Crippen molar-refractivity contribution in [1.82, 2.24) is 9.47 Å². The molecule has 2 aromatic rings. The smallest absolute Gasteiger partial charge is 0.380 e. The molecule has 1 saturated heterocycles. The zero-order valence-electron chi connectivity index (χ0n) is 18.7. The first-order chi connectivity index (χ1) is 14.9. The molecule has 0 aliphatic carbocycles. The highest BCUT2D eigenvalue weighted by Crippen LogP contribution is 2.42. The van der Waals surface area contributed by atoms with Crippen molar-refractivity contribution in [1.29, 1.82) is 5.26 Å². The predicted octanol–water partition coefficient (Wildman–Crippen LogP) is 4.56. The van der Waals surface area contributed by atoms with Gasteiger partial charge in [0.1, 0.15) is 0 Å². The number of ketones is 1. The summed E-state index contributed by atoms with van der Waals surface area (Å²) in [5.41, 5.74) is 0.754. The van der Waals surface area contributed by atoms with E-state index in [1.807, 2.05) is 30.5 Å². The van der Waals surface area contributed by atoms with Crippen molar-refractivity contribution in [2.45, 2.75) is 58.4 Å². The van der Waals surface area contributed by atoms with Gasteiger partial charge in [-0.2, -0.15) is 18.4 Å². The van der Waals surface area contributed by atoms with Crippen LogP contribution in [0.2, 0.25) is 0 Å². The lowest BCUT2D eigenvalue weighted by Crippen LogP contribution is -2.59. The molecule has 1 aromatic carbocycles. The second-order valence-corrected chi connectivity index (χ2v) is 8.97. The fourth-order valence-corrected chi connectivity index (χ4v) is 4.58. The second kappa shape index (κ2) is 8.72. The minimum atomic E-state index is -4.69. The van der Waals surface area contributed by atoms with Gasteiger partial charge in [-0.1, -0.05) is 13.8 Å². The first kappa shape index (κ1) is 24.0. The molecule has 1 aliphatic heterocycles. The van der Waals surface area contributed by atoms with Gasteiger partial charge in [0.15, 0.2) is 11.4 Å². The summed E-state index contributed by atoms with van der Waals surface area (Å²) in [5, 5.41) is 19.2. The van der Waals surface area contributed by atoms with Gasteiger partial charge in [-0.05, 0) is 56.5 Å². The number of carbonyl (C=O) groups is 1. The number of piperidine rings is 1. The van der Waals surface area contributed by atoms with E-state index in [1.54, 1.807) is 36.9 Å². The number of alkyl halides is 3. The van der Waals surface area contributed by atoms with Crippen LogP contribution in [0.25, 0.3) is 5.69 Å². The number of rotatable bonds is 5. The predicted molar refractivity (Wildman–Crippen MR) is 115 cm³/mol. The number of Topliss-reactive ketones (excluding diaryl/α,β-unsaturated/α-hetero) is 1. The molecular formula is C24H28F3N3O2. The summed E-state index contributed by atoms with van der Waals surface area (Å²) in [6.45, 7) is 7.32. The molecule has 0 saturated carbocycles. The molecule has 1 aromatic heterocycles. The van der Waals surface area contributed by atoms with E-state index < -0.39 is 30.7 Å². The normalized spacial score (nSPS) is 22.2. The molecule has 0 unspecified atom stereocenters. The van der Waals surface area contributed by atoms with Gasteiger partial charge in [0.25, 0.3) is 0 Å². The van der Waals surface area contributed by atoms with Crippen LogP contribution in [0.3, 0.4) is 0 Å². The van der Waals surface area contributed by atoms with E-state index in [0.29, 0.717) is 11.1 Å². The first-order valence-electron chi connectivity index (χ1n) is 10.6. The van der Waals surface area contributed by atoms with Gasteiger partial charge in [-0.15, -0.1) is 0 Å². The monoisotopic (exact) mass is 447 g/mol. The Morgan fingerprint density at radius 2 is 1.91 bits per heavy atom. The third kappa shape index (κ3) is 4.45. The SMILES string of the molecule is Cc1cc(C(=O)CN2CC[C@@](O)(C(F)(F)F)C[C@H]2C(C)C)c(C)n1-c1ccc(C#N)cc1. The molecule has 1 fully saturated rings. The summed E-state index contributed by atoms with van der Waals surface area (Å²) < 4.78 is 42.0. The van der Waals surface area contributed by atoms with Crippen molar-refractivity contribution in [2.24, 2.45) is 5.92 Å². The summed E-state index contributed by atoms with van der Waals surface area (Å²) >= 11 is 0. The van der Waals surface area contributed by atoms with Crippen LogP contribution in [-0.4, -0.2) is 51.3 Å². The molecule has 3 rings (SSSR count). The lowest BCUT2D eigenvalue weighted by Gasteiger charge is -2.46. The Morgan fingerprint density at radius 3 is 2.44 bits per heavy atom. The van der Waals surface area contributed by atoms with E-state index in [1.165, 1.54) is 0 Å². The highest BCUT2D eigenvalue weighted by Gasteiger charge is 2.57. The molecule has 0 bridgehead atoms. The summed E-state index contributed by atoms with van der Waals surface area (Å²) in [6, 6.07) is 10.3. The molecule has 8 heteroatoms. The molecule has 2 atom stereocenters. The Bertz CT molecular complexity index is 1030. The lowest BCUT2D eigenvalue weighted by molar-refractivity contribution is -0.278. The minimum Gasteiger partial charge on any atom is -0.380 e. The van der Waals surface area contributed by atoms with Gasteiger partial charge in [0.2, 0.25) is 0 Å². The molecule has 0 spiro atoms. The standard InChI is InChI=1S/C24H28F3N3O2/c1-15(2)21-12-23(32,24(25,26)27)9-10-29(21)14-22(31)20-11-16(3)30(17(20)4)19-7-5-18(13-28)6-8-19/h5-8,11,15,21,32H,9-10,12,14H2,1-4H3/t21-,23-/m0/s1. The van der Waals surface area contributed by atoms with Crippen molar-refractivity contribution in [3.8, 4) is 11.8 Å². The Balaban J connectivity index is 1.83. The highest BCUT2D eigenvalue weighted by atomic mass is 19.4. The van der Waals surface area contributed by atoms with E-state index >= 15 is 0 Å². The average Bonchev–Trinajstić information content (AvgIpc) is 3.02. The Morgan fingerprint density at radius 1 is 1.28 bits per heavy atom. The van der Waals surface area contributed by atoms with Crippen molar-refractivity contribution in [3.63, 3.8) is 0 Å². The highest BCUT2D eigenvalue weighted by molar-refractivity contribution is 5.99. The van der Waals surface area contributed by atoms with Crippen LogP contribution in [0.15, 0.2) is 30.3 Å². The van der Waals surface area contributed by atoms with Crippen LogP contribution < -0.4 is 0 Å². The van der Waals surface area contributed by atoms with Gasteiger partial charge in [-0.3, -0.25) is 9.69 Å². The van der Waals surface area contributed by atoms with E-state index in [4.69, 9.17) is 5.26 Å². The maximum Gasteiger partial charge on any atom is 0.417 e. The van der Waals surface area contributed by atoms with Gasteiger partial charge in [0, 0.05) is 41.6 Å². The fourth-order valence-electron chi connectivity index (χ4n) is 4.58. The zero-order valence-corrected chi connectivity index (χ0v) is 18.7. The number of likely N-dealkylation sites (tertiary alicyclic amines) is 1. The number of carbonyl (C=O) groups excluding carboxylic acids is 1. The van der Waals surface area contributed by atoms with Crippen molar-refractivity contribution < 1.29 is 23.1 Å². The fraction of sp³-hybridized carbons (Fsp3) is 0.500. The van der Waals surface area contributed by atoms with Crippen LogP contribution in [0, 0.1) is 31.1 Å². The molecule has 0 radical (unpaired) electrons. The van der Waals surface area contributed by atoms with Crippen LogP contribution in [0.1, 0.15) is 54.0 Å². The van der Waals surface area contributed by atoms with E-state index in [-0.39, 0.29) is 24.8 Å². The lowest BCUT2D eigenvalue weighted by atomic mass is 9.81. The third-order valence-corrected chi connectivity index (χ3v) is 6.46. The second-order valence-electron chi connectivity index (χ2n) is 8.97. The topological polar surface area (TPSA) is 69.3 Å². The molecule has 1 aliphatic rings. The van der Waals surface area contributed by atoms with Crippen LogP contribution in [0.5, 0.6) is 0 Å². The van der Waals surface area contributed by atoms with E-state index in [2.05, 4.69) is 6.07 Å². The summed E-state index contributed by atoms with van der Waals surface area (Å²) in [6.07, 6.45) is -5.58. The number of halogens is 3. The minimum absolute atomic E-state index is 0.00103. The van der Waals surface area contributed by atoms with Gasteiger partial charge in [0.05, 0.1) is 18.2 Å². The maximum absolute atomic E-state index is 13.4. The zero-order chi connectivity index (χ0) is 23.8. The van der Waals surface area contributed by atoms with Crippen molar-refractivity contribution >= 4 is 5.78 Å². The van der Waals surface area contributed by atoms with E-state index in [0.717, 1.165) is 17.1 Å². The number of hydrogen-bond acceptors (Lipinski definition) is 4. The maximum atomic E-state index is 13.4. The number of nitriles is 1. The molecule has 1 N–H and O–H groups in total. The van der Waals surface area contributed by atoms with Crippen molar-refractivity contribution in [2.75, 3.05) is 13.1 Å². The van der Waals surface area contributed by atoms with Gasteiger partial charge >= 0.3 is 6.18 Å². The van der Waals surface area contributed by atoms with Gasteiger partial charge in [-0.25, -0.2) is 0 Å². The van der Waals surface area contributed by atoms with Crippen molar-refractivity contribution in [3.05, 3.63) is 52.8 Å². The summed E-state index contributed by atoms with van der Waals surface area (Å²) in [4.78, 5) is 14.9. The largest absolute Gasteiger partial charge is 0.417 e. The molecular weight excluding hydrogens is 419 g/mol. The molecule has 172 valence electrons. The Kier molecular flexibility index (Phi) is 6.55. The molecule has 2 heterocycles. The quantitative estimate of drug-likeness (QED) is 0.682. The number of aryl methyl sites for hydroxylation is 1. The number of hydrogen-bond donors (Lipinski definition) is 1. The molecule has 5 nitrogen and oxygen atoms in total. The summed E-state index contributed by atoms with van der Waals surface area (Å²) in [5.74, 6) is -0.316. The number of benzene rings is 1. The van der Waals surface area contributed by atoms with Gasteiger partial charge < -0.3 is 9.67 Å².